The molecule has 6 nitrogen and oxygen atoms in total. The maximum absolute atomic E-state index is 14.4. The summed E-state index contributed by atoms with van der Waals surface area (Å²) in [6, 6.07) is 2.73. The van der Waals surface area contributed by atoms with Crippen LogP contribution in [0.5, 0.6) is 0 Å². The molecule has 0 fully saturated rings. The van der Waals surface area contributed by atoms with Gasteiger partial charge >= 0.3 is 0 Å². The van der Waals surface area contributed by atoms with Gasteiger partial charge in [-0.1, -0.05) is 13.0 Å². The number of halogens is 4. The molecule has 136 valence electrons. The molecule has 0 aliphatic rings. The van der Waals surface area contributed by atoms with Crippen molar-refractivity contribution in [3.63, 3.8) is 0 Å². The molecule has 2 N–H and O–H groups in total. The number of nitrogens with zero attached hydrogens (tertiary/aromatic N) is 4. The van der Waals surface area contributed by atoms with Crippen molar-refractivity contribution in [3.8, 4) is 0 Å². The predicted molar refractivity (Wildman–Crippen MR) is 85.8 cm³/mol. The van der Waals surface area contributed by atoms with Gasteiger partial charge in [0.2, 0.25) is 5.28 Å². The third-order valence-electron chi connectivity index (χ3n) is 4.17. The minimum atomic E-state index is -2.02. The predicted octanol–water partition coefficient (Wildman–Crippen LogP) is 2.90. The van der Waals surface area contributed by atoms with Gasteiger partial charge in [0.1, 0.15) is 29.4 Å². The molecule has 3 rings (SSSR count). The fourth-order valence-corrected chi connectivity index (χ4v) is 2.92. The average molecular weight is 384 g/mol. The normalized spacial score (nSPS) is 14.8. The molecule has 26 heavy (non-hydrogen) atoms. The standard InChI is InChI=1S/C16H13ClF3N5O/c1-8(14-12(20)6-21-15(17)24-14)16(26,5-13-22-7-23-25-13)10-3-2-9(18)4-11(10)19/h2-4,6-8,26H,5H2,1H3,(H,22,23,25). The van der Waals surface area contributed by atoms with Crippen LogP contribution in [0.1, 0.15) is 29.9 Å². The molecule has 2 heterocycles. The molecular weight excluding hydrogens is 371 g/mol. The second-order valence-electron chi connectivity index (χ2n) is 5.75. The minimum Gasteiger partial charge on any atom is -0.384 e. The van der Waals surface area contributed by atoms with E-state index in [0.29, 0.717) is 6.07 Å². The molecule has 0 aliphatic heterocycles. The fraction of sp³-hybridized carbons (Fsp3) is 0.250. The fourth-order valence-electron chi connectivity index (χ4n) is 2.78. The zero-order chi connectivity index (χ0) is 18.9. The van der Waals surface area contributed by atoms with Crippen molar-refractivity contribution in [2.24, 2.45) is 0 Å². The van der Waals surface area contributed by atoms with Crippen molar-refractivity contribution < 1.29 is 18.3 Å². The summed E-state index contributed by atoms with van der Waals surface area (Å²) < 4.78 is 42.0. The van der Waals surface area contributed by atoms with Crippen LogP contribution in [0.15, 0.2) is 30.7 Å². The van der Waals surface area contributed by atoms with Crippen LogP contribution in [0.25, 0.3) is 0 Å². The minimum absolute atomic E-state index is 0.212. The molecule has 0 saturated carbocycles. The van der Waals surface area contributed by atoms with Crippen LogP contribution in [-0.4, -0.2) is 30.3 Å². The van der Waals surface area contributed by atoms with Crippen molar-refractivity contribution >= 4 is 11.6 Å². The number of H-pyrrole nitrogens is 1. The van der Waals surface area contributed by atoms with Gasteiger partial charge in [-0.25, -0.2) is 28.1 Å². The molecular formula is C16H13ClF3N5O. The van der Waals surface area contributed by atoms with Gasteiger partial charge in [-0.05, 0) is 17.7 Å². The van der Waals surface area contributed by atoms with Crippen molar-refractivity contribution in [2.75, 3.05) is 0 Å². The zero-order valence-corrected chi connectivity index (χ0v) is 14.2. The number of rotatable bonds is 5. The first-order valence-electron chi connectivity index (χ1n) is 7.51. The Morgan fingerprint density at radius 1 is 1.23 bits per heavy atom. The molecule has 2 aromatic heterocycles. The van der Waals surface area contributed by atoms with Gasteiger partial charge in [0.25, 0.3) is 0 Å². The summed E-state index contributed by atoms with van der Waals surface area (Å²) in [4.78, 5) is 11.3. The Kier molecular flexibility index (Phi) is 4.92. The summed E-state index contributed by atoms with van der Waals surface area (Å²) >= 11 is 5.73. The molecule has 3 aromatic rings. The largest absolute Gasteiger partial charge is 0.384 e. The van der Waals surface area contributed by atoms with E-state index < -0.39 is 29.0 Å². The maximum Gasteiger partial charge on any atom is 0.222 e. The second kappa shape index (κ2) is 7.00. The Balaban J connectivity index is 2.15. The van der Waals surface area contributed by atoms with E-state index in [1.807, 2.05) is 0 Å². The highest BCUT2D eigenvalue weighted by atomic mass is 35.5. The molecule has 0 radical (unpaired) electrons. The highest BCUT2D eigenvalue weighted by Crippen LogP contribution is 2.40. The van der Waals surface area contributed by atoms with Crippen LogP contribution in [-0.2, 0) is 12.0 Å². The highest BCUT2D eigenvalue weighted by Gasteiger charge is 2.42. The molecule has 2 atom stereocenters. The van der Waals surface area contributed by atoms with E-state index in [1.54, 1.807) is 0 Å². The number of nitrogens with one attached hydrogen (secondary N) is 1. The van der Waals surface area contributed by atoms with Gasteiger partial charge in [0.05, 0.1) is 11.9 Å². The first kappa shape index (κ1) is 18.3. The number of aromatic nitrogens is 5. The molecule has 0 amide bonds. The van der Waals surface area contributed by atoms with E-state index >= 15 is 0 Å². The Morgan fingerprint density at radius 3 is 2.65 bits per heavy atom. The average Bonchev–Trinajstić information content (AvgIpc) is 3.09. The third-order valence-corrected chi connectivity index (χ3v) is 4.35. The quantitative estimate of drug-likeness (QED) is 0.661. The van der Waals surface area contributed by atoms with E-state index in [4.69, 9.17) is 11.6 Å². The molecule has 0 bridgehead atoms. The van der Waals surface area contributed by atoms with Gasteiger partial charge in [0, 0.05) is 24.0 Å². The lowest BCUT2D eigenvalue weighted by Gasteiger charge is -2.34. The Hall–Kier alpha value is -2.52. The van der Waals surface area contributed by atoms with Gasteiger partial charge in [-0.3, -0.25) is 5.10 Å². The summed E-state index contributed by atoms with van der Waals surface area (Å²) in [6.45, 7) is 1.45. The highest BCUT2D eigenvalue weighted by molar-refractivity contribution is 6.28. The van der Waals surface area contributed by atoms with Crippen LogP contribution < -0.4 is 0 Å². The number of hydrogen-bond acceptors (Lipinski definition) is 5. The Labute approximate surface area is 151 Å². The Bertz CT molecular complexity index is 924. The van der Waals surface area contributed by atoms with E-state index in [9.17, 15) is 18.3 Å². The summed E-state index contributed by atoms with van der Waals surface area (Å²) in [5, 5.41) is 17.4. The zero-order valence-electron chi connectivity index (χ0n) is 13.4. The van der Waals surface area contributed by atoms with Gasteiger partial charge in [0.15, 0.2) is 5.82 Å². The van der Waals surface area contributed by atoms with Crippen LogP contribution in [0.3, 0.4) is 0 Å². The van der Waals surface area contributed by atoms with Crippen LogP contribution in [0.4, 0.5) is 13.2 Å². The van der Waals surface area contributed by atoms with E-state index in [-0.39, 0.29) is 28.8 Å². The number of aliphatic hydroxyl groups is 1. The van der Waals surface area contributed by atoms with Gasteiger partial charge < -0.3 is 5.11 Å². The van der Waals surface area contributed by atoms with Crippen molar-refractivity contribution in [1.82, 2.24) is 25.1 Å². The SMILES string of the molecule is CC(c1nc(Cl)ncc1F)C(O)(Cc1ncn[nH]1)c1ccc(F)cc1F. The lowest BCUT2D eigenvalue weighted by Crippen LogP contribution is -2.37. The van der Waals surface area contributed by atoms with Gasteiger partial charge in [-0.15, -0.1) is 0 Å². The van der Waals surface area contributed by atoms with Crippen molar-refractivity contribution in [1.29, 1.82) is 0 Å². The molecule has 0 aliphatic carbocycles. The molecule has 0 saturated heterocycles. The lowest BCUT2D eigenvalue weighted by atomic mass is 9.77. The monoisotopic (exact) mass is 383 g/mol. The maximum atomic E-state index is 14.4. The topological polar surface area (TPSA) is 87.6 Å². The smallest absolute Gasteiger partial charge is 0.222 e. The Morgan fingerprint density at radius 2 is 2.00 bits per heavy atom. The molecule has 10 heteroatoms. The summed E-state index contributed by atoms with van der Waals surface area (Å²) in [5.41, 5.74) is -2.47. The van der Waals surface area contributed by atoms with E-state index in [2.05, 4.69) is 25.1 Å². The number of hydrogen-bond donors (Lipinski definition) is 2. The van der Waals surface area contributed by atoms with Crippen molar-refractivity contribution in [2.45, 2.75) is 24.9 Å². The van der Waals surface area contributed by atoms with E-state index in [0.717, 1.165) is 18.3 Å². The van der Waals surface area contributed by atoms with Crippen molar-refractivity contribution in [3.05, 3.63) is 70.5 Å². The van der Waals surface area contributed by atoms with E-state index in [1.165, 1.54) is 13.3 Å². The second-order valence-corrected chi connectivity index (χ2v) is 6.09. The number of aromatic amines is 1. The molecule has 1 aromatic carbocycles. The van der Waals surface area contributed by atoms with Gasteiger partial charge in [-0.2, -0.15) is 5.10 Å². The lowest BCUT2D eigenvalue weighted by molar-refractivity contribution is 0.00505. The summed E-state index contributed by atoms with van der Waals surface area (Å²) in [5.74, 6) is -3.46. The summed E-state index contributed by atoms with van der Waals surface area (Å²) in [7, 11) is 0. The summed E-state index contributed by atoms with van der Waals surface area (Å²) in [6.07, 6.45) is 1.82. The van der Waals surface area contributed by atoms with Crippen LogP contribution in [0.2, 0.25) is 5.28 Å². The number of benzene rings is 1. The van der Waals surface area contributed by atoms with Crippen LogP contribution in [0, 0.1) is 17.5 Å². The van der Waals surface area contributed by atoms with Crippen LogP contribution >= 0.6 is 11.6 Å². The first-order valence-corrected chi connectivity index (χ1v) is 7.89. The molecule has 2 unspecified atom stereocenters. The first-order chi connectivity index (χ1) is 12.3. The third kappa shape index (κ3) is 3.40. The molecule has 0 spiro atoms.